The van der Waals surface area contributed by atoms with Gasteiger partial charge in [-0.15, -0.1) is 0 Å². The lowest BCUT2D eigenvalue weighted by atomic mass is 9.26. The Balaban J connectivity index is 1.10. The number of carbonyl (C=O) groups excluding carboxylic acids is 2. The molecule has 0 aromatic heterocycles. The molecule has 12 bridgehead atoms. The van der Waals surface area contributed by atoms with Crippen LogP contribution < -0.4 is 5.73 Å². The van der Waals surface area contributed by atoms with E-state index in [2.05, 4.69) is 54.8 Å². The molecule has 5 saturated heterocycles. The fourth-order valence-corrected chi connectivity index (χ4v) is 19.7. The fraction of sp³-hybridized carbons (Fsp3) is 0.725. The molecular formula is C51H63N3O5. The van der Waals surface area contributed by atoms with E-state index in [4.69, 9.17) is 15.2 Å². The Kier molecular flexibility index (Phi) is 6.86. The van der Waals surface area contributed by atoms with Gasteiger partial charge in [-0.2, -0.15) is 0 Å². The molecule has 8 fully saturated rings. The lowest BCUT2D eigenvalue weighted by Gasteiger charge is -2.75. The molecule has 3 N–H and O–H groups in total. The van der Waals surface area contributed by atoms with Gasteiger partial charge in [0.25, 0.3) is 0 Å². The lowest BCUT2D eigenvalue weighted by Crippen LogP contribution is -2.79. The first-order chi connectivity index (χ1) is 28.6. The van der Waals surface area contributed by atoms with Crippen molar-refractivity contribution in [2.24, 2.45) is 75.2 Å². The molecule has 312 valence electrons. The van der Waals surface area contributed by atoms with Gasteiger partial charge in [0.05, 0.1) is 11.0 Å². The minimum absolute atomic E-state index is 0.127. The summed E-state index contributed by atoms with van der Waals surface area (Å²) in [4.78, 5) is 36.8. The first kappa shape index (κ1) is 35.6. The van der Waals surface area contributed by atoms with Crippen LogP contribution in [-0.2, 0) is 26.3 Å². The van der Waals surface area contributed by atoms with Crippen LogP contribution in [0.2, 0.25) is 0 Å². The Bertz CT molecular complexity index is 2240. The maximum atomic E-state index is 16.0. The van der Waals surface area contributed by atoms with Crippen LogP contribution in [0, 0.1) is 69.5 Å². The minimum Gasteiger partial charge on any atom is -0.508 e. The number of fused-ring (bicyclic) bond motifs is 4. The van der Waals surface area contributed by atoms with Gasteiger partial charge < -0.3 is 20.3 Å². The number of ether oxygens (including phenoxy) is 2. The molecule has 8 nitrogen and oxygen atoms in total. The SMILES string of the molecule is C[C@H]1C=C2CC[C@@]34C[C@@H]2C2=C5CC[C@@]67C(=C(O)[C@@H]8CC[C@@H]9[C@@H]%10C[C@@H](CN9[C@H]8C)[C@H]8CC[C@H](C[C@@H]3C)C([C@H]54)N8C%10)OC(=O)[C@]26[C@@H](C1)[C@]71OC(=O)c2c(CCCN)cccc21. The third kappa shape index (κ3) is 3.69. The van der Waals surface area contributed by atoms with Crippen LogP contribution in [0.3, 0.4) is 0 Å². The highest BCUT2D eigenvalue weighted by Crippen LogP contribution is 2.89. The van der Waals surface area contributed by atoms with Crippen molar-refractivity contribution in [3.63, 3.8) is 0 Å². The van der Waals surface area contributed by atoms with Gasteiger partial charge in [-0.1, -0.05) is 49.3 Å². The van der Waals surface area contributed by atoms with Crippen LogP contribution in [0.15, 0.2) is 52.5 Å². The fourth-order valence-electron chi connectivity index (χ4n) is 19.7. The number of allylic oxidation sites excluding steroid dienone is 2. The number of esters is 2. The predicted octanol–water partition coefficient (Wildman–Crippen LogP) is 7.97. The van der Waals surface area contributed by atoms with Gasteiger partial charge in [0, 0.05) is 66.5 Å². The summed E-state index contributed by atoms with van der Waals surface area (Å²) >= 11 is 0. The van der Waals surface area contributed by atoms with Gasteiger partial charge in [-0.05, 0) is 150 Å². The number of rotatable bonds is 3. The second-order valence-corrected chi connectivity index (χ2v) is 22.8. The van der Waals surface area contributed by atoms with Gasteiger partial charge in [0.1, 0.15) is 11.2 Å². The number of nitrogens with two attached hydrogens (primary N) is 1. The average molecular weight is 798 g/mol. The third-order valence-corrected chi connectivity index (χ3v) is 21.4. The topological polar surface area (TPSA) is 105 Å². The lowest BCUT2D eigenvalue weighted by molar-refractivity contribution is -0.284. The summed E-state index contributed by atoms with van der Waals surface area (Å²) < 4.78 is 14.2. The van der Waals surface area contributed by atoms with E-state index in [1.807, 2.05) is 0 Å². The Labute approximate surface area is 349 Å². The van der Waals surface area contributed by atoms with Gasteiger partial charge in [-0.25, -0.2) is 4.79 Å². The second kappa shape index (κ2) is 11.4. The number of hydrogen-bond donors (Lipinski definition) is 2. The van der Waals surface area contributed by atoms with Crippen LogP contribution in [0.25, 0.3) is 0 Å². The van der Waals surface area contributed by atoms with Crippen molar-refractivity contribution < 1.29 is 24.2 Å². The molecular weight excluding hydrogens is 735 g/mol. The summed E-state index contributed by atoms with van der Waals surface area (Å²) in [6, 6.07) is 8.12. The quantitative estimate of drug-likeness (QED) is 0.235. The molecule has 15 rings (SSSR count). The average Bonchev–Trinajstić information content (AvgIpc) is 3.68. The van der Waals surface area contributed by atoms with Crippen LogP contribution in [0.5, 0.6) is 0 Å². The van der Waals surface area contributed by atoms with E-state index >= 15 is 4.79 Å². The van der Waals surface area contributed by atoms with Crippen molar-refractivity contribution in [3.05, 3.63) is 69.2 Å². The van der Waals surface area contributed by atoms with Gasteiger partial charge >= 0.3 is 11.9 Å². The van der Waals surface area contributed by atoms with Crippen molar-refractivity contribution in [1.29, 1.82) is 0 Å². The van der Waals surface area contributed by atoms with Crippen LogP contribution in [0.1, 0.15) is 126 Å². The molecule has 1 aromatic carbocycles. The van der Waals surface area contributed by atoms with Crippen molar-refractivity contribution in [1.82, 2.24) is 9.80 Å². The van der Waals surface area contributed by atoms with E-state index in [-0.39, 0.29) is 52.8 Å². The van der Waals surface area contributed by atoms with Crippen molar-refractivity contribution >= 4 is 11.9 Å². The molecule has 6 aliphatic carbocycles. The van der Waals surface area contributed by atoms with Crippen molar-refractivity contribution in [3.8, 4) is 0 Å². The minimum atomic E-state index is -1.11. The number of nitrogens with zero attached hydrogens (tertiary/aromatic N) is 2. The number of aliphatic hydroxyl groups excluding tert-OH is 1. The first-order valence-corrected chi connectivity index (χ1v) is 24.3. The molecule has 4 spiro atoms. The Hall–Kier alpha value is -2.94. The molecule has 8 aliphatic heterocycles. The van der Waals surface area contributed by atoms with E-state index in [0.717, 1.165) is 62.6 Å². The summed E-state index contributed by atoms with van der Waals surface area (Å²) in [6.07, 6.45) is 17.1. The summed E-state index contributed by atoms with van der Waals surface area (Å²) in [7, 11) is 0. The molecule has 0 radical (unpaired) electrons. The zero-order chi connectivity index (χ0) is 39.7. The highest BCUT2D eigenvalue weighted by molar-refractivity contribution is 6.00. The second-order valence-electron chi connectivity index (χ2n) is 22.8. The maximum Gasteiger partial charge on any atom is 0.339 e. The summed E-state index contributed by atoms with van der Waals surface area (Å²) in [6.45, 7) is 10.2. The molecule has 3 saturated carbocycles. The highest BCUT2D eigenvalue weighted by atomic mass is 16.6. The van der Waals surface area contributed by atoms with Gasteiger partial charge in [0.15, 0.2) is 11.4 Å². The van der Waals surface area contributed by atoms with Crippen molar-refractivity contribution in [2.75, 3.05) is 19.6 Å². The smallest absolute Gasteiger partial charge is 0.339 e. The first-order valence-electron chi connectivity index (χ1n) is 24.3. The summed E-state index contributed by atoms with van der Waals surface area (Å²) in [5.74, 6) is 3.37. The molecule has 8 heteroatoms. The summed E-state index contributed by atoms with van der Waals surface area (Å²) in [5.41, 5.74) is 10.3. The maximum absolute atomic E-state index is 16.0. The van der Waals surface area contributed by atoms with Crippen LogP contribution >= 0.6 is 0 Å². The predicted molar refractivity (Wildman–Crippen MR) is 221 cm³/mol. The molecule has 3 unspecified atom stereocenters. The van der Waals surface area contributed by atoms with E-state index in [1.54, 1.807) is 11.1 Å². The molecule has 59 heavy (non-hydrogen) atoms. The standard InChI is InChI=1S/C51H63N3O5/c1-25-18-29-13-15-48-22-35(29)41-34-14-16-49-45(58-47(57)50(41,49)39(19-25)51(49)36-8-4-6-28(7-5-17-52)40(36)46(56)59-51)44(55)33-10-12-37-32-21-31(23-53(37)27(33)3)38-11-9-30(20-26(48)2)43(42(34)48)54(38)24-32/h4,6,8,18,25-27,30-33,35,37-39,42-43,55H,5,7,9-17,19-24,52H2,1-3H3/t25-,26-,27-,30+,31-,32+,33+,35-,37+,38+,39+,42-,43?,48+,49+,50-,51-/m0/s1. The molecule has 8 heterocycles. The highest BCUT2D eigenvalue weighted by Gasteiger charge is 2.94. The van der Waals surface area contributed by atoms with Crippen LogP contribution in [-0.4, -0.2) is 70.6 Å². The molecule has 0 amide bonds. The number of benzene rings is 1. The van der Waals surface area contributed by atoms with E-state index in [1.165, 1.54) is 44.2 Å². The monoisotopic (exact) mass is 797 g/mol. The van der Waals surface area contributed by atoms with Gasteiger partial charge in [-0.3, -0.25) is 14.6 Å². The van der Waals surface area contributed by atoms with Crippen LogP contribution in [0.4, 0.5) is 0 Å². The third-order valence-electron chi connectivity index (χ3n) is 21.4. The number of piperidine rings is 4. The largest absolute Gasteiger partial charge is 0.508 e. The van der Waals surface area contributed by atoms with E-state index in [0.29, 0.717) is 78.4 Å². The number of aryl methyl sites for hydroxylation is 1. The zero-order valence-electron chi connectivity index (χ0n) is 35.4. The number of hydrogen-bond acceptors (Lipinski definition) is 8. The number of aliphatic hydroxyl groups is 1. The normalized spacial score (nSPS) is 53.5. The Morgan fingerprint density at radius 2 is 1.75 bits per heavy atom. The number of carbonyl (C=O) groups is 2. The van der Waals surface area contributed by atoms with Gasteiger partial charge in [0.2, 0.25) is 0 Å². The van der Waals surface area contributed by atoms with E-state index < -0.39 is 16.4 Å². The molecule has 1 aromatic rings. The Morgan fingerprint density at radius 1 is 0.932 bits per heavy atom. The van der Waals surface area contributed by atoms with E-state index in [9.17, 15) is 9.90 Å². The summed E-state index contributed by atoms with van der Waals surface area (Å²) in [5, 5.41) is 13.3. The molecule has 14 aliphatic rings. The van der Waals surface area contributed by atoms with Crippen molar-refractivity contribution in [2.45, 2.75) is 140 Å². The zero-order valence-corrected chi connectivity index (χ0v) is 35.4. The Morgan fingerprint density at radius 3 is 2.59 bits per heavy atom. The molecule has 19 atom stereocenters.